The lowest BCUT2D eigenvalue weighted by Gasteiger charge is -2.32. The molecule has 0 radical (unpaired) electrons. The molecule has 0 spiro atoms. The Kier molecular flexibility index (Phi) is 4.90. The minimum Gasteiger partial charge on any atom is -0.381 e. The Morgan fingerprint density at radius 3 is 2.48 bits per heavy atom. The van der Waals surface area contributed by atoms with Gasteiger partial charge in [-0.3, -0.25) is 0 Å². The number of carbonyl (C=O) groups is 1. The van der Waals surface area contributed by atoms with Crippen molar-refractivity contribution in [1.82, 2.24) is 10.2 Å². The number of amides is 2. The van der Waals surface area contributed by atoms with Crippen LogP contribution >= 0.6 is 0 Å². The molecule has 1 saturated heterocycles. The van der Waals surface area contributed by atoms with E-state index in [2.05, 4.69) is 43.4 Å². The minimum atomic E-state index is 0.0729. The molecule has 2 amide bonds. The first kappa shape index (κ1) is 16.3. The molecule has 1 heterocycles. The van der Waals surface area contributed by atoms with Crippen LogP contribution in [0.2, 0.25) is 0 Å². The molecule has 0 saturated carbocycles. The van der Waals surface area contributed by atoms with Crippen molar-refractivity contribution in [3.63, 3.8) is 0 Å². The molecule has 2 atom stereocenters. The van der Waals surface area contributed by atoms with Crippen LogP contribution < -0.4 is 5.32 Å². The third-order valence-corrected chi connectivity index (χ3v) is 5.43. The summed E-state index contributed by atoms with van der Waals surface area (Å²) >= 11 is 0. The van der Waals surface area contributed by atoms with Crippen LogP contribution in [-0.2, 0) is 4.74 Å². The molecule has 4 heteroatoms. The largest absolute Gasteiger partial charge is 0.381 e. The Morgan fingerprint density at radius 1 is 1.22 bits per heavy atom. The van der Waals surface area contributed by atoms with Crippen molar-refractivity contribution >= 4 is 6.03 Å². The first-order valence-electron chi connectivity index (χ1n) is 8.77. The summed E-state index contributed by atoms with van der Waals surface area (Å²) in [4.78, 5) is 14.5. The third-order valence-electron chi connectivity index (χ3n) is 5.43. The van der Waals surface area contributed by atoms with Crippen molar-refractivity contribution < 1.29 is 9.53 Å². The summed E-state index contributed by atoms with van der Waals surface area (Å²) in [5.41, 5.74) is 2.71. The zero-order chi connectivity index (χ0) is 16.4. The molecule has 1 N–H and O–H groups in total. The van der Waals surface area contributed by atoms with Gasteiger partial charge in [0.2, 0.25) is 0 Å². The molecular formula is C19H28N2O2. The lowest BCUT2D eigenvalue weighted by Crippen LogP contribution is -2.46. The van der Waals surface area contributed by atoms with E-state index in [0.29, 0.717) is 17.9 Å². The second-order valence-corrected chi connectivity index (χ2v) is 7.14. The number of fused-ring (bicyclic) bond motifs is 1. The van der Waals surface area contributed by atoms with Gasteiger partial charge >= 0.3 is 6.03 Å². The monoisotopic (exact) mass is 316 g/mol. The van der Waals surface area contributed by atoms with Crippen LogP contribution in [0.25, 0.3) is 0 Å². The predicted molar refractivity (Wildman–Crippen MR) is 91.5 cm³/mol. The molecular weight excluding hydrogens is 288 g/mol. The number of carbonyl (C=O) groups excluding carboxylic acids is 1. The second-order valence-electron chi connectivity index (χ2n) is 7.14. The highest BCUT2D eigenvalue weighted by Gasteiger charge is 2.34. The van der Waals surface area contributed by atoms with Crippen LogP contribution in [0.1, 0.15) is 56.2 Å². The molecule has 1 aromatic carbocycles. The number of hydrogen-bond donors (Lipinski definition) is 1. The lowest BCUT2D eigenvalue weighted by atomic mass is 9.90. The van der Waals surface area contributed by atoms with E-state index in [1.807, 2.05) is 4.90 Å². The van der Waals surface area contributed by atoms with Crippen LogP contribution in [-0.4, -0.2) is 37.2 Å². The molecule has 1 aliphatic carbocycles. The van der Waals surface area contributed by atoms with E-state index in [9.17, 15) is 4.79 Å². The number of piperidine rings is 1. The number of benzene rings is 1. The van der Waals surface area contributed by atoms with E-state index in [1.54, 1.807) is 7.11 Å². The SMILES string of the molecule is COC1CCN(C(=O)N[C@@H]2C[C@H](C(C)C)c3ccccc32)CC1. The lowest BCUT2D eigenvalue weighted by molar-refractivity contribution is 0.0499. The Morgan fingerprint density at radius 2 is 1.87 bits per heavy atom. The van der Waals surface area contributed by atoms with Crippen LogP contribution in [0.4, 0.5) is 4.79 Å². The quantitative estimate of drug-likeness (QED) is 0.924. The smallest absolute Gasteiger partial charge is 0.317 e. The van der Waals surface area contributed by atoms with Crippen LogP contribution in [0.5, 0.6) is 0 Å². The fraction of sp³-hybridized carbons (Fsp3) is 0.632. The molecule has 1 fully saturated rings. The van der Waals surface area contributed by atoms with Gasteiger partial charge in [-0.15, -0.1) is 0 Å². The molecule has 4 nitrogen and oxygen atoms in total. The van der Waals surface area contributed by atoms with Gasteiger partial charge in [0.15, 0.2) is 0 Å². The second kappa shape index (κ2) is 6.91. The summed E-state index contributed by atoms with van der Waals surface area (Å²) < 4.78 is 5.38. The fourth-order valence-corrected chi connectivity index (χ4v) is 3.98. The summed E-state index contributed by atoms with van der Waals surface area (Å²) in [6.07, 6.45) is 3.17. The normalized spacial score (nSPS) is 24.8. The van der Waals surface area contributed by atoms with Crippen LogP contribution in [0.3, 0.4) is 0 Å². The molecule has 126 valence electrons. The van der Waals surface area contributed by atoms with Gasteiger partial charge in [0.05, 0.1) is 12.1 Å². The number of rotatable bonds is 3. The average molecular weight is 316 g/mol. The maximum Gasteiger partial charge on any atom is 0.317 e. The average Bonchev–Trinajstić information content (AvgIpc) is 2.94. The number of likely N-dealkylation sites (tertiary alicyclic amines) is 1. The maximum atomic E-state index is 12.6. The summed E-state index contributed by atoms with van der Waals surface area (Å²) in [6, 6.07) is 8.78. The number of methoxy groups -OCH3 is 1. The zero-order valence-electron chi connectivity index (χ0n) is 14.4. The van der Waals surface area contributed by atoms with Gasteiger partial charge in [0.25, 0.3) is 0 Å². The summed E-state index contributed by atoms with van der Waals surface area (Å²) in [5.74, 6) is 1.13. The molecule has 2 aliphatic rings. The highest BCUT2D eigenvalue weighted by molar-refractivity contribution is 5.75. The van der Waals surface area contributed by atoms with Gasteiger partial charge in [0.1, 0.15) is 0 Å². The van der Waals surface area contributed by atoms with E-state index >= 15 is 0 Å². The van der Waals surface area contributed by atoms with Crippen molar-refractivity contribution in [3.05, 3.63) is 35.4 Å². The third kappa shape index (κ3) is 3.37. The fourth-order valence-electron chi connectivity index (χ4n) is 3.98. The van der Waals surface area contributed by atoms with Crippen molar-refractivity contribution in [1.29, 1.82) is 0 Å². The molecule has 0 aromatic heterocycles. The van der Waals surface area contributed by atoms with Crippen molar-refractivity contribution in [2.75, 3.05) is 20.2 Å². The molecule has 0 bridgehead atoms. The van der Waals surface area contributed by atoms with E-state index in [4.69, 9.17) is 4.74 Å². The van der Waals surface area contributed by atoms with Gasteiger partial charge in [0, 0.05) is 20.2 Å². The van der Waals surface area contributed by atoms with Gasteiger partial charge in [-0.05, 0) is 42.2 Å². The highest BCUT2D eigenvalue weighted by Crippen LogP contribution is 2.44. The highest BCUT2D eigenvalue weighted by atomic mass is 16.5. The molecule has 1 aromatic rings. The summed E-state index contributed by atoms with van der Waals surface area (Å²) in [5, 5.41) is 3.27. The molecule has 0 unspecified atom stereocenters. The number of urea groups is 1. The van der Waals surface area contributed by atoms with Crippen molar-refractivity contribution in [2.24, 2.45) is 5.92 Å². The first-order valence-corrected chi connectivity index (χ1v) is 8.77. The standard InChI is InChI=1S/C19H28N2O2/c1-13(2)17-12-18(16-7-5-4-6-15(16)17)20-19(22)21-10-8-14(23-3)9-11-21/h4-7,13-14,17-18H,8-12H2,1-3H3,(H,20,22)/t17-,18-/m1/s1. The molecule has 23 heavy (non-hydrogen) atoms. The van der Waals surface area contributed by atoms with Crippen molar-refractivity contribution in [2.45, 2.75) is 51.2 Å². The summed E-state index contributed by atoms with van der Waals surface area (Å²) in [7, 11) is 1.75. The van der Waals surface area contributed by atoms with E-state index in [1.165, 1.54) is 11.1 Å². The zero-order valence-corrected chi connectivity index (χ0v) is 14.4. The van der Waals surface area contributed by atoms with Crippen LogP contribution in [0.15, 0.2) is 24.3 Å². The van der Waals surface area contributed by atoms with Gasteiger partial charge in [-0.25, -0.2) is 4.79 Å². The molecule has 1 aliphatic heterocycles. The van der Waals surface area contributed by atoms with E-state index < -0.39 is 0 Å². The van der Waals surface area contributed by atoms with Gasteiger partial charge in [-0.2, -0.15) is 0 Å². The Labute approximate surface area is 139 Å². The predicted octanol–water partition coefficient (Wildman–Crippen LogP) is 3.69. The topological polar surface area (TPSA) is 41.6 Å². The van der Waals surface area contributed by atoms with E-state index in [-0.39, 0.29) is 12.1 Å². The van der Waals surface area contributed by atoms with Crippen molar-refractivity contribution in [3.8, 4) is 0 Å². The summed E-state index contributed by atoms with van der Waals surface area (Å²) in [6.45, 7) is 6.10. The van der Waals surface area contributed by atoms with Crippen LogP contribution in [0, 0.1) is 5.92 Å². The number of ether oxygens (including phenoxy) is 1. The maximum absolute atomic E-state index is 12.6. The van der Waals surface area contributed by atoms with E-state index in [0.717, 1.165) is 32.4 Å². The van der Waals surface area contributed by atoms with Gasteiger partial charge < -0.3 is 15.0 Å². The number of hydrogen-bond acceptors (Lipinski definition) is 2. The number of nitrogens with zero attached hydrogens (tertiary/aromatic N) is 1. The molecule has 3 rings (SSSR count). The number of nitrogens with one attached hydrogen (secondary N) is 1. The first-order chi connectivity index (χ1) is 11.1. The Balaban J connectivity index is 1.66. The Hall–Kier alpha value is -1.55. The van der Waals surface area contributed by atoms with Gasteiger partial charge in [-0.1, -0.05) is 38.1 Å². The Bertz CT molecular complexity index is 550. The minimum absolute atomic E-state index is 0.0729.